The molecule has 2 aliphatic carbocycles. The Hall–Kier alpha value is -2.35. The van der Waals surface area contributed by atoms with Gasteiger partial charge in [0.25, 0.3) is 0 Å². The molecule has 0 aromatic heterocycles. The highest BCUT2D eigenvalue weighted by atomic mass is 32.2. The van der Waals surface area contributed by atoms with E-state index in [2.05, 4.69) is 4.74 Å². The number of rotatable bonds is 10. The summed E-state index contributed by atoms with van der Waals surface area (Å²) in [5, 5.41) is -4.74. The maximum atomic E-state index is 13.4. The van der Waals surface area contributed by atoms with Gasteiger partial charge in [0.05, 0.1) is 12.8 Å². The van der Waals surface area contributed by atoms with Crippen molar-refractivity contribution in [2.75, 3.05) is 0 Å². The molecule has 2 saturated carbocycles. The Labute approximate surface area is 206 Å². The zero-order valence-electron chi connectivity index (χ0n) is 20.1. The van der Waals surface area contributed by atoms with Crippen LogP contribution in [0.25, 0.3) is 0 Å². The fraction of sp³-hybridized carbons (Fsp3) is 0.818. The second kappa shape index (κ2) is 10.2. The molecule has 14 heteroatoms. The SMILES string of the molecule is CC(C)C1(OC(=O)C2CC(OC(=O)CCC(=O)OC(C)C(F)(F)S(=O)(=O)O)C(=O)O2)CC2CCC1C2. The Bertz CT molecular complexity index is 1010. The highest BCUT2D eigenvalue weighted by molar-refractivity contribution is 7.86. The van der Waals surface area contributed by atoms with Gasteiger partial charge >= 0.3 is 39.2 Å². The van der Waals surface area contributed by atoms with Crippen molar-refractivity contribution < 1.29 is 59.9 Å². The molecule has 36 heavy (non-hydrogen) atoms. The van der Waals surface area contributed by atoms with Crippen molar-refractivity contribution >= 4 is 34.0 Å². The lowest BCUT2D eigenvalue weighted by Gasteiger charge is -2.41. The first kappa shape index (κ1) is 28.2. The summed E-state index contributed by atoms with van der Waals surface area (Å²) in [7, 11) is -5.82. The van der Waals surface area contributed by atoms with E-state index >= 15 is 0 Å². The molecule has 3 aliphatic rings. The number of halogens is 2. The third-order valence-electron chi connectivity index (χ3n) is 7.25. The molecule has 2 bridgehead atoms. The summed E-state index contributed by atoms with van der Waals surface area (Å²) in [6.45, 7) is 4.52. The molecule has 1 saturated heterocycles. The van der Waals surface area contributed by atoms with Crippen LogP contribution in [-0.2, 0) is 48.2 Å². The van der Waals surface area contributed by atoms with E-state index in [1.807, 2.05) is 13.8 Å². The third kappa shape index (κ3) is 5.63. The Kier molecular flexibility index (Phi) is 7.99. The fourth-order valence-electron chi connectivity index (χ4n) is 5.28. The first-order valence-corrected chi connectivity index (χ1v) is 13.2. The van der Waals surface area contributed by atoms with Crippen molar-refractivity contribution in [2.24, 2.45) is 17.8 Å². The van der Waals surface area contributed by atoms with E-state index in [0.29, 0.717) is 12.8 Å². The lowest BCUT2D eigenvalue weighted by Crippen LogP contribution is -2.47. The van der Waals surface area contributed by atoms with Crippen molar-refractivity contribution in [3.05, 3.63) is 0 Å². The largest absolute Gasteiger partial charge is 0.456 e. The van der Waals surface area contributed by atoms with E-state index in [4.69, 9.17) is 18.8 Å². The first-order chi connectivity index (χ1) is 16.6. The summed E-state index contributed by atoms with van der Waals surface area (Å²) >= 11 is 0. The van der Waals surface area contributed by atoms with Crippen molar-refractivity contribution in [3.8, 4) is 0 Å². The van der Waals surface area contributed by atoms with Gasteiger partial charge in [-0.15, -0.1) is 0 Å². The lowest BCUT2D eigenvalue weighted by molar-refractivity contribution is -0.185. The van der Waals surface area contributed by atoms with Crippen LogP contribution in [-0.4, -0.2) is 66.0 Å². The smallest absolute Gasteiger partial charge is 0.405 e. The van der Waals surface area contributed by atoms with Crippen LogP contribution in [0, 0.1) is 17.8 Å². The minimum atomic E-state index is -5.82. The van der Waals surface area contributed by atoms with Gasteiger partial charge in [-0.2, -0.15) is 17.2 Å². The number of cyclic esters (lactones) is 1. The Morgan fingerprint density at radius 3 is 2.31 bits per heavy atom. The molecule has 3 fully saturated rings. The molecule has 204 valence electrons. The van der Waals surface area contributed by atoms with E-state index < -0.39 is 76.0 Å². The standard InChI is InChI=1S/C22H30F2O11S/c1-11(2)21(10-13-4-5-14(21)8-13)35-20(28)16-9-15(19(27)34-16)33-18(26)7-6-17(25)32-12(3)22(23,24)36(29,30)31/h11-16H,4-10H2,1-3H3,(H,29,30,31). The maximum absolute atomic E-state index is 13.4. The Balaban J connectivity index is 1.47. The van der Waals surface area contributed by atoms with Gasteiger partial charge in [0.2, 0.25) is 12.2 Å². The average Bonchev–Trinajstić information content (AvgIpc) is 3.47. The van der Waals surface area contributed by atoms with Crippen molar-refractivity contribution in [1.82, 2.24) is 0 Å². The molecule has 3 rings (SSSR count). The second-order valence-corrected chi connectivity index (χ2v) is 11.4. The topological polar surface area (TPSA) is 160 Å². The van der Waals surface area contributed by atoms with Gasteiger partial charge in [-0.25, -0.2) is 9.59 Å². The Morgan fingerprint density at radius 1 is 1.14 bits per heavy atom. The summed E-state index contributed by atoms with van der Waals surface area (Å²) in [6.07, 6.45) is -3.08. The van der Waals surface area contributed by atoms with Crippen LogP contribution in [0.5, 0.6) is 0 Å². The summed E-state index contributed by atoms with van der Waals surface area (Å²) in [5.41, 5.74) is -0.620. The first-order valence-electron chi connectivity index (χ1n) is 11.7. The third-order valence-corrected chi connectivity index (χ3v) is 8.27. The van der Waals surface area contributed by atoms with Gasteiger partial charge in [0.15, 0.2) is 6.10 Å². The molecule has 11 nitrogen and oxygen atoms in total. The molecule has 1 N–H and O–H groups in total. The molecule has 6 unspecified atom stereocenters. The van der Waals surface area contributed by atoms with Crippen LogP contribution in [0.15, 0.2) is 0 Å². The minimum absolute atomic E-state index is 0.0717. The monoisotopic (exact) mass is 540 g/mol. The molecule has 1 heterocycles. The summed E-state index contributed by atoms with van der Waals surface area (Å²) in [5.74, 6) is -3.27. The van der Waals surface area contributed by atoms with Gasteiger partial charge in [0.1, 0.15) is 5.60 Å². The molecule has 0 amide bonds. The quantitative estimate of drug-likeness (QED) is 0.246. The van der Waals surface area contributed by atoms with Crippen LogP contribution in [0.1, 0.15) is 65.7 Å². The highest BCUT2D eigenvalue weighted by Crippen LogP contribution is 2.55. The summed E-state index contributed by atoms with van der Waals surface area (Å²) < 4.78 is 76.9. The predicted octanol–water partition coefficient (Wildman–Crippen LogP) is 2.16. The molecule has 0 radical (unpaired) electrons. The second-order valence-electron chi connectivity index (χ2n) is 9.92. The van der Waals surface area contributed by atoms with Crippen LogP contribution >= 0.6 is 0 Å². The van der Waals surface area contributed by atoms with E-state index in [-0.39, 0.29) is 18.3 Å². The van der Waals surface area contributed by atoms with Crippen molar-refractivity contribution in [2.45, 2.75) is 94.9 Å². The average molecular weight is 541 g/mol. The number of hydrogen-bond acceptors (Lipinski definition) is 10. The normalized spacial score (nSPS) is 30.7. The van der Waals surface area contributed by atoms with Crippen LogP contribution < -0.4 is 0 Å². The van der Waals surface area contributed by atoms with Gasteiger partial charge in [0, 0.05) is 6.42 Å². The van der Waals surface area contributed by atoms with Crippen molar-refractivity contribution in [1.29, 1.82) is 0 Å². The highest BCUT2D eigenvalue weighted by Gasteiger charge is 2.57. The maximum Gasteiger partial charge on any atom is 0.405 e. The predicted molar refractivity (Wildman–Crippen MR) is 115 cm³/mol. The number of alkyl halides is 2. The zero-order valence-corrected chi connectivity index (χ0v) is 20.9. The minimum Gasteiger partial charge on any atom is -0.456 e. The summed E-state index contributed by atoms with van der Waals surface area (Å²) in [6, 6.07) is 0. The van der Waals surface area contributed by atoms with E-state index in [1.165, 1.54) is 0 Å². The fourth-order valence-corrected chi connectivity index (χ4v) is 5.74. The van der Waals surface area contributed by atoms with E-state index in [0.717, 1.165) is 25.7 Å². The number of esters is 4. The number of fused-ring (bicyclic) bond motifs is 2. The van der Waals surface area contributed by atoms with Crippen LogP contribution in [0.2, 0.25) is 0 Å². The van der Waals surface area contributed by atoms with Crippen LogP contribution in [0.3, 0.4) is 0 Å². The van der Waals surface area contributed by atoms with E-state index in [1.54, 1.807) is 0 Å². The molecule has 6 atom stereocenters. The molecular weight excluding hydrogens is 510 g/mol. The zero-order chi connectivity index (χ0) is 27.1. The van der Waals surface area contributed by atoms with Crippen molar-refractivity contribution in [3.63, 3.8) is 0 Å². The lowest BCUT2D eigenvalue weighted by atomic mass is 9.76. The molecular formula is C22H30F2O11S. The van der Waals surface area contributed by atoms with Gasteiger partial charge in [-0.3, -0.25) is 14.1 Å². The number of carbonyl (C=O) groups excluding carboxylic acids is 4. The van der Waals surface area contributed by atoms with E-state index in [9.17, 15) is 36.4 Å². The molecule has 0 spiro atoms. The number of hydrogen-bond donors (Lipinski definition) is 1. The number of ether oxygens (including phenoxy) is 4. The molecule has 1 aliphatic heterocycles. The van der Waals surface area contributed by atoms with Crippen LogP contribution in [0.4, 0.5) is 8.78 Å². The molecule has 0 aromatic rings. The summed E-state index contributed by atoms with van der Waals surface area (Å²) in [4.78, 5) is 48.7. The Morgan fingerprint density at radius 2 is 1.78 bits per heavy atom. The van der Waals surface area contributed by atoms with Gasteiger partial charge in [-0.05, 0) is 50.4 Å². The number of carbonyl (C=O) groups is 4. The van der Waals surface area contributed by atoms with Gasteiger partial charge in [-0.1, -0.05) is 13.8 Å². The molecule has 0 aromatic carbocycles. The van der Waals surface area contributed by atoms with Gasteiger partial charge < -0.3 is 18.9 Å².